The number of phenols is 1. The summed E-state index contributed by atoms with van der Waals surface area (Å²) in [6.45, 7) is 0. The number of phenolic OH excluding ortho intramolecular Hbond substituents is 1. The van der Waals surface area contributed by atoms with Crippen LogP contribution in [0.1, 0.15) is 5.56 Å². The average Bonchev–Trinajstić information content (AvgIpc) is 2.38. The summed E-state index contributed by atoms with van der Waals surface area (Å²) >= 11 is 5.86. The van der Waals surface area contributed by atoms with Crippen LogP contribution in [0.3, 0.4) is 0 Å². The summed E-state index contributed by atoms with van der Waals surface area (Å²) in [5, 5.41) is 18.9. The second-order valence-corrected chi connectivity index (χ2v) is 4.29. The van der Waals surface area contributed by atoms with Crippen molar-refractivity contribution in [1.29, 1.82) is 5.26 Å². The fourth-order valence-electron chi connectivity index (χ4n) is 1.71. The highest BCUT2D eigenvalue weighted by Gasteiger charge is 2.09. The number of benzene rings is 2. The van der Waals surface area contributed by atoms with Gasteiger partial charge in [-0.3, -0.25) is 0 Å². The molecule has 4 heteroatoms. The van der Waals surface area contributed by atoms with E-state index in [9.17, 15) is 5.11 Å². The Morgan fingerprint density at radius 3 is 2.44 bits per heavy atom. The van der Waals surface area contributed by atoms with E-state index in [0.29, 0.717) is 10.6 Å². The van der Waals surface area contributed by atoms with Crippen LogP contribution in [0.2, 0.25) is 5.02 Å². The van der Waals surface area contributed by atoms with Crippen molar-refractivity contribution in [2.75, 3.05) is 11.9 Å². The minimum Gasteiger partial charge on any atom is -0.508 e. The van der Waals surface area contributed by atoms with E-state index in [1.54, 1.807) is 42.5 Å². The third-order valence-corrected chi connectivity index (χ3v) is 2.91. The quantitative estimate of drug-likeness (QED) is 0.894. The van der Waals surface area contributed by atoms with Crippen LogP contribution in [0.15, 0.2) is 42.5 Å². The molecular weight excluding hydrogens is 248 g/mol. The highest BCUT2D eigenvalue weighted by Crippen LogP contribution is 2.29. The number of nitriles is 1. The van der Waals surface area contributed by atoms with Gasteiger partial charge in [0.25, 0.3) is 0 Å². The standard InChI is InChI=1S/C14H11ClN2O/c1-17(12-3-5-13(18)6-4-12)14-7-2-11(15)8-10(14)9-16/h2-8,18H,1H3. The zero-order chi connectivity index (χ0) is 13.1. The molecule has 0 amide bonds. The molecule has 0 aromatic heterocycles. The Morgan fingerprint density at radius 2 is 1.83 bits per heavy atom. The summed E-state index contributed by atoms with van der Waals surface area (Å²) in [4.78, 5) is 1.87. The molecule has 0 unspecified atom stereocenters. The van der Waals surface area contributed by atoms with Crippen LogP contribution < -0.4 is 4.90 Å². The van der Waals surface area contributed by atoms with E-state index in [0.717, 1.165) is 11.4 Å². The summed E-state index contributed by atoms with van der Waals surface area (Å²) in [5.74, 6) is 0.212. The Hall–Kier alpha value is -2.18. The van der Waals surface area contributed by atoms with Crippen LogP contribution in [0, 0.1) is 11.3 Å². The highest BCUT2D eigenvalue weighted by molar-refractivity contribution is 6.30. The van der Waals surface area contributed by atoms with Gasteiger partial charge in [0.05, 0.1) is 11.3 Å². The van der Waals surface area contributed by atoms with Crippen LogP contribution in [-0.2, 0) is 0 Å². The zero-order valence-corrected chi connectivity index (χ0v) is 10.5. The van der Waals surface area contributed by atoms with Crippen LogP contribution in [-0.4, -0.2) is 12.2 Å². The first kappa shape index (κ1) is 12.3. The molecule has 0 bridgehead atoms. The molecule has 90 valence electrons. The van der Waals surface area contributed by atoms with Crippen molar-refractivity contribution in [3.8, 4) is 11.8 Å². The summed E-state index contributed by atoms with van der Waals surface area (Å²) in [7, 11) is 1.86. The van der Waals surface area contributed by atoms with Gasteiger partial charge in [0, 0.05) is 17.8 Å². The van der Waals surface area contributed by atoms with Crippen LogP contribution in [0.25, 0.3) is 0 Å². The number of hydrogen-bond donors (Lipinski definition) is 1. The average molecular weight is 259 g/mol. The first-order valence-corrected chi connectivity index (χ1v) is 5.72. The summed E-state index contributed by atoms with van der Waals surface area (Å²) in [5.41, 5.74) is 2.16. The van der Waals surface area contributed by atoms with Gasteiger partial charge in [-0.05, 0) is 42.5 Å². The maximum atomic E-state index is 9.26. The number of halogens is 1. The second-order valence-electron chi connectivity index (χ2n) is 3.85. The van der Waals surface area contributed by atoms with E-state index < -0.39 is 0 Å². The molecule has 0 fully saturated rings. The van der Waals surface area contributed by atoms with Gasteiger partial charge in [0.1, 0.15) is 11.8 Å². The van der Waals surface area contributed by atoms with E-state index in [1.807, 2.05) is 11.9 Å². The van der Waals surface area contributed by atoms with Crippen molar-refractivity contribution in [1.82, 2.24) is 0 Å². The van der Waals surface area contributed by atoms with E-state index in [2.05, 4.69) is 6.07 Å². The molecule has 0 heterocycles. The SMILES string of the molecule is CN(c1ccc(O)cc1)c1ccc(Cl)cc1C#N. The monoisotopic (exact) mass is 258 g/mol. The predicted molar refractivity (Wildman–Crippen MR) is 72.3 cm³/mol. The fraction of sp³-hybridized carbons (Fsp3) is 0.0714. The van der Waals surface area contributed by atoms with Crippen molar-refractivity contribution in [2.45, 2.75) is 0 Å². The van der Waals surface area contributed by atoms with Gasteiger partial charge in [0.2, 0.25) is 0 Å². The van der Waals surface area contributed by atoms with Crippen molar-refractivity contribution in [3.63, 3.8) is 0 Å². The molecule has 3 nitrogen and oxygen atoms in total. The first-order valence-electron chi connectivity index (χ1n) is 5.34. The lowest BCUT2D eigenvalue weighted by Gasteiger charge is -2.20. The molecule has 2 rings (SSSR count). The predicted octanol–water partition coefficient (Wildman–Crippen LogP) is 3.69. The van der Waals surface area contributed by atoms with Crippen LogP contribution in [0.5, 0.6) is 5.75 Å². The van der Waals surface area contributed by atoms with Gasteiger partial charge in [-0.2, -0.15) is 5.26 Å². The summed E-state index contributed by atoms with van der Waals surface area (Å²) in [6, 6.07) is 14.1. The Morgan fingerprint density at radius 1 is 1.17 bits per heavy atom. The van der Waals surface area contributed by atoms with Gasteiger partial charge in [-0.25, -0.2) is 0 Å². The highest BCUT2D eigenvalue weighted by atomic mass is 35.5. The topological polar surface area (TPSA) is 47.3 Å². The lowest BCUT2D eigenvalue weighted by Crippen LogP contribution is -2.10. The maximum absolute atomic E-state index is 9.26. The Balaban J connectivity index is 2.43. The largest absolute Gasteiger partial charge is 0.508 e. The number of anilines is 2. The van der Waals surface area contributed by atoms with Crippen molar-refractivity contribution >= 4 is 23.0 Å². The lowest BCUT2D eigenvalue weighted by molar-refractivity contribution is 0.475. The second kappa shape index (κ2) is 4.99. The fourth-order valence-corrected chi connectivity index (χ4v) is 1.88. The minimum atomic E-state index is 0.212. The molecule has 0 saturated heterocycles. The zero-order valence-electron chi connectivity index (χ0n) is 9.76. The smallest absolute Gasteiger partial charge is 0.115 e. The third kappa shape index (κ3) is 2.39. The van der Waals surface area contributed by atoms with Gasteiger partial charge < -0.3 is 10.0 Å². The normalized spacial score (nSPS) is 9.83. The molecule has 0 aliphatic carbocycles. The van der Waals surface area contributed by atoms with Crippen molar-refractivity contribution in [2.24, 2.45) is 0 Å². The van der Waals surface area contributed by atoms with Gasteiger partial charge in [-0.15, -0.1) is 0 Å². The molecule has 0 aliphatic rings. The summed E-state index contributed by atoms with van der Waals surface area (Å²) < 4.78 is 0. The molecule has 1 N–H and O–H groups in total. The number of aromatic hydroxyl groups is 1. The molecular formula is C14H11ClN2O. The Kier molecular flexibility index (Phi) is 3.40. The van der Waals surface area contributed by atoms with E-state index in [-0.39, 0.29) is 5.75 Å². The van der Waals surface area contributed by atoms with E-state index in [4.69, 9.17) is 16.9 Å². The summed E-state index contributed by atoms with van der Waals surface area (Å²) in [6.07, 6.45) is 0. The van der Waals surface area contributed by atoms with Gasteiger partial charge >= 0.3 is 0 Å². The van der Waals surface area contributed by atoms with Crippen LogP contribution >= 0.6 is 11.6 Å². The molecule has 2 aromatic carbocycles. The Bertz CT molecular complexity index is 602. The van der Waals surface area contributed by atoms with Gasteiger partial charge in [-0.1, -0.05) is 11.6 Å². The molecule has 2 aromatic rings. The molecule has 0 radical (unpaired) electrons. The van der Waals surface area contributed by atoms with E-state index in [1.165, 1.54) is 0 Å². The first-order chi connectivity index (χ1) is 8.61. The Labute approximate surface area is 110 Å². The van der Waals surface area contributed by atoms with Crippen LogP contribution in [0.4, 0.5) is 11.4 Å². The number of rotatable bonds is 2. The molecule has 0 aliphatic heterocycles. The number of nitrogens with zero attached hydrogens (tertiary/aromatic N) is 2. The molecule has 0 spiro atoms. The molecule has 0 atom stereocenters. The third-order valence-electron chi connectivity index (χ3n) is 2.68. The van der Waals surface area contributed by atoms with Crippen molar-refractivity contribution in [3.05, 3.63) is 53.1 Å². The molecule has 18 heavy (non-hydrogen) atoms. The molecule has 0 saturated carbocycles. The van der Waals surface area contributed by atoms with E-state index >= 15 is 0 Å². The minimum absolute atomic E-state index is 0.212. The van der Waals surface area contributed by atoms with Gasteiger partial charge in [0.15, 0.2) is 0 Å². The van der Waals surface area contributed by atoms with Crippen molar-refractivity contribution < 1.29 is 5.11 Å². The maximum Gasteiger partial charge on any atom is 0.115 e. The lowest BCUT2D eigenvalue weighted by atomic mass is 10.1. The number of hydrogen-bond acceptors (Lipinski definition) is 3.